The largest absolute Gasteiger partial charge is 0.459 e. The predicted octanol–water partition coefficient (Wildman–Crippen LogP) is 3.15. The molecule has 1 saturated heterocycles. The van der Waals surface area contributed by atoms with Crippen molar-refractivity contribution in [2.75, 3.05) is 26.3 Å². The Morgan fingerprint density at radius 1 is 1.00 bits per heavy atom. The van der Waals surface area contributed by atoms with Gasteiger partial charge in [-0.15, -0.1) is 0 Å². The zero-order valence-electron chi connectivity index (χ0n) is 16.5. The maximum Gasteiger partial charge on any atom is 0.315 e. The normalized spacial score (nSPS) is 15.0. The Morgan fingerprint density at radius 2 is 1.84 bits per heavy atom. The first-order chi connectivity index (χ1) is 15.2. The molecular formula is C22H19N3O5S. The quantitative estimate of drug-likeness (QED) is 0.489. The van der Waals surface area contributed by atoms with Crippen molar-refractivity contribution < 1.29 is 23.2 Å². The van der Waals surface area contributed by atoms with Crippen LogP contribution >= 0.6 is 11.3 Å². The highest BCUT2D eigenvalue weighted by atomic mass is 32.1. The van der Waals surface area contributed by atoms with Crippen molar-refractivity contribution in [2.45, 2.75) is 6.54 Å². The van der Waals surface area contributed by atoms with E-state index in [1.54, 1.807) is 29.2 Å². The summed E-state index contributed by atoms with van der Waals surface area (Å²) in [5.41, 5.74) is 0.927. The van der Waals surface area contributed by atoms with Gasteiger partial charge in [0.1, 0.15) is 5.76 Å². The summed E-state index contributed by atoms with van der Waals surface area (Å²) in [7, 11) is 0. The number of thiazole rings is 1. The molecule has 0 radical (unpaired) electrons. The molecule has 1 fully saturated rings. The lowest BCUT2D eigenvalue weighted by atomic mass is 10.3. The van der Waals surface area contributed by atoms with Gasteiger partial charge in [-0.1, -0.05) is 23.5 Å². The van der Waals surface area contributed by atoms with Gasteiger partial charge < -0.3 is 23.0 Å². The van der Waals surface area contributed by atoms with Crippen LogP contribution in [0, 0.1) is 0 Å². The van der Waals surface area contributed by atoms with Crippen LogP contribution in [0.15, 0.2) is 68.6 Å². The van der Waals surface area contributed by atoms with Crippen LogP contribution in [0.1, 0.15) is 26.9 Å². The molecule has 0 bridgehead atoms. The molecule has 0 atom stereocenters. The number of carbonyl (C=O) groups excluding carboxylic acids is 2. The smallest absolute Gasteiger partial charge is 0.315 e. The zero-order chi connectivity index (χ0) is 21.2. The van der Waals surface area contributed by atoms with E-state index in [2.05, 4.69) is 4.99 Å². The molecule has 3 aromatic heterocycles. The number of rotatable bonds is 4. The van der Waals surface area contributed by atoms with Gasteiger partial charge in [0.25, 0.3) is 5.91 Å². The molecule has 0 saturated carbocycles. The SMILES string of the molecule is O=C(N=c1sc2ccccc2n1Cc1ccc(C(=O)N2CCOCC2)o1)c1ccco1. The molecule has 4 heterocycles. The number of hydrogen-bond acceptors (Lipinski definition) is 6. The van der Waals surface area contributed by atoms with Gasteiger partial charge in [-0.05, 0) is 36.4 Å². The number of furan rings is 2. The topological polar surface area (TPSA) is 90.2 Å². The van der Waals surface area contributed by atoms with Crippen molar-refractivity contribution in [1.82, 2.24) is 9.47 Å². The molecule has 0 unspecified atom stereocenters. The Morgan fingerprint density at radius 3 is 2.65 bits per heavy atom. The van der Waals surface area contributed by atoms with E-state index in [0.717, 1.165) is 10.2 Å². The van der Waals surface area contributed by atoms with Gasteiger partial charge in [-0.3, -0.25) is 9.59 Å². The van der Waals surface area contributed by atoms with Crippen LogP contribution in [0.2, 0.25) is 0 Å². The fraction of sp³-hybridized carbons (Fsp3) is 0.227. The van der Waals surface area contributed by atoms with Gasteiger partial charge in [0, 0.05) is 13.1 Å². The van der Waals surface area contributed by atoms with Crippen LogP contribution in [0.4, 0.5) is 0 Å². The van der Waals surface area contributed by atoms with Crippen LogP contribution in [0.3, 0.4) is 0 Å². The van der Waals surface area contributed by atoms with E-state index in [-0.39, 0.29) is 11.7 Å². The molecule has 4 aromatic rings. The minimum absolute atomic E-state index is 0.146. The third-order valence-corrected chi connectivity index (χ3v) is 6.06. The number of para-hydroxylation sites is 1. The lowest BCUT2D eigenvalue weighted by Crippen LogP contribution is -2.40. The first-order valence-corrected chi connectivity index (χ1v) is 10.7. The van der Waals surface area contributed by atoms with E-state index in [1.807, 2.05) is 28.8 Å². The lowest BCUT2D eigenvalue weighted by Gasteiger charge is -2.25. The maximum absolute atomic E-state index is 12.7. The molecule has 1 aromatic carbocycles. The number of fused-ring (bicyclic) bond motifs is 1. The minimum Gasteiger partial charge on any atom is -0.459 e. The van der Waals surface area contributed by atoms with Gasteiger partial charge in [-0.25, -0.2) is 0 Å². The highest BCUT2D eigenvalue weighted by molar-refractivity contribution is 7.16. The predicted molar refractivity (Wildman–Crippen MR) is 113 cm³/mol. The summed E-state index contributed by atoms with van der Waals surface area (Å²) in [5, 5.41) is 0. The number of nitrogens with zero attached hydrogens (tertiary/aromatic N) is 3. The molecule has 0 spiro atoms. The van der Waals surface area contributed by atoms with E-state index in [9.17, 15) is 9.59 Å². The average Bonchev–Trinajstić information content (AvgIpc) is 3.55. The fourth-order valence-electron chi connectivity index (χ4n) is 3.46. The van der Waals surface area contributed by atoms with Crippen LogP contribution in [-0.4, -0.2) is 47.6 Å². The summed E-state index contributed by atoms with van der Waals surface area (Å²) in [6, 6.07) is 14.5. The van der Waals surface area contributed by atoms with E-state index < -0.39 is 5.91 Å². The molecule has 5 rings (SSSR count). The Bertz CT molecular complexity index is 1290. The van der Waals surface area contributed by atoms with Crippen molar-refractivity contribution in [3.05, 3.63) is 76.9 Å². The molecule has 158 valence electrons. The number of amides is 2. The lowest BCUT2D eigenvalue weighted by molar-refractivity contribution is 0.0281. The van der Waals surface area contributed by atoms with Crippen LogP contribution in [-0.2, 0) is 11.3 Å². The summed E-state index contributed by atoms with van der Waals surface area (Å²) < 4.78 is 19.2. The number of hydrogen-bond donors (Lipinski definition) is 0. The Labute approximate surface area is 181 Å². The fourth-order valence-corrected chi connectivity index (χ4v) is 4.48. The number of aromatic nitrogens is 1. The van der Waals surface area contributed by atoms with E-state index >= 15 is 0 Å². The molecule has 0 N–H and O–H groups in total. The first-order valence-electron chi connectivity index (χ1n) is 9.86. The van der Waals surface area contributed by atoms with Crippen LogP contribution in [0.25, 0.3) is 10.2 Å². The molecular weight excluding hydrogens is 418 g/mol. The van der Waals surface area contributed by atoms with Gasteiger partial charge >= 0.3 is 5.91 Å². The molecule has 0 aliphatic carbocycles. The van der Waals surface area contributed by atoms with Crippen molar-refractivity contribution in [2.24, 2.45) is 4.99 Å². The molecule has 1 aliphatic rings. The van der Waals surface area contributed by atoms with Crippen molar-refractivity contribution in [3.63, 3.8) is 0 Å². The maximum atomic E-state index is 12.7. The first kappa shape index (κ1) is 19.5. The van der Waals surface area contributed by atoms with E-state index in [1.165, 1.54) is 17.6 Å². The van der Waals surface area contributed by atoms with Gasteiger partial charge in [0.05, 0.1) is 36.2 Å². The summed E-state index contributed by atoms with van der Waals surface area (Å²) in [6.07, 6.45) is 1.44. The molecule has 1 aliphatic heterocycles. The van der Waals surface area contributed by atoms with Crippen molar-refractivity contribution >= 4 is 33.4 Å². The summed E-state index contributed by atoms with van der Waals surface area (Å²) in [6.45, 7) is 2.51. The molecule has 2 amide bonds. The highest BCUT2D eigenvalue weighted by Crippen LogP contribution is 2.20. The summed E-state index contributed by atoms with van der Waals surface area (Å²) in [4.78, 5) is 31.7. The number of benzene rings is 1. The number of ether oxygens (including phenoxy) is 1. The van der Waals surface area contributed by atoms with Crippen molar-refractivity contribution in [1.29, 1.82) is 0 Å². The molecule has 8 nitrogen and oxygen atoms in total. The second-order valence-corrected chi connectivity index (χ2v) is 8.01. The second-order valence-electron chi connectivity index (χ2n) is 7.00. The Kier molecular flexibility index (Phi) is 5.27. The zero-order valence-corrected chi connectivity index (χ0v) is 17.3. The van der Waals surface area contributed by atoms with Crippen molar-refractivity contribution in [3.8, 4) is 0 Å². The number of carbonyl (C=O) groups is 2. The van der Waals surface area contributed by atoms with Gasteiger partial charge in [0.2, 0.25) is 0 Å². The van der Waals surface area contributed by atoms with Gasteiger partial charge in [-0.2, -0.15) is 4.99 Å². The standard InChI is InChI=1S/C22H19N3O5S/c26-20(17-5-3-11-29-17)23-22-25(16-4-1-2-6-19(16)31-22)14-15-7-8-18(30-15)21(27)24-9-12-28-13-10-24/h1-8,11H,9-10,12-14H2. The third kappa shape index (κ3) is 3.97. The summed E-state index contributed by atoms with van der Waals surface area (Å²) in [5.74, 6) is 0.482. The minimum atomic E-state index is -0.451. The monoisotopic (exact) mass is 437 g/mol. The number of morpholine rings is 1. The average molecular weight is 437 g/mol. The van der Waals surface area contributed by atoms with Crippen LogP contribution in [0.5, 0.6) is 0 Å². The highest BCUT2D eigenvalue weighted by Gasteiger charge is 2.22. The second kappa shape index (κ2) is 8.37. The van der Waals surface area contributed by atoms with E-state index in [0.29, 0.717) is 49.2 Å². The van der Waals surface area contributed by atoms with E-state index in [4.69, 9.17) is 13.6 Å². The summed E-state index contributed by atoms with van der Waals surface area (Å²) >= 11 is 1.41. The molecule has 9 heteroatoms. The Balaban J connectivity index is 1.47. The van der Waals surface area contributed by atoms with Crippen LogP contribution < -0.4 is 4.80 Å². The van der Waals surface area contributed by atoms with Gasteiger partial charge in [0.15, 0.2) is 16.3 Å². The third-order valence-electron chi connectivity index (χ3n) is 5.00. The molecule has 31 heavy (non-hydrogen) atoms. The Hall–Kier alpha value is -3.43.